The first-order valence-corrected chi connectivity index (χ1v) is 11.8. The number of nitrogens with one attached hydrogen (secondary N) is 1. The number of rotatable bonds is 7. The molecule has 3 N–H and O–H groups in total. The highest BCUT2D eigenvalue weighted by Gasteiger charge is 2.54. The molecule has 1 saturated heterocycles. The third kappa shape index (κ3) is 4.49. The molecule has 10 nitrogen and oxygen atoms in total. The minimum absolute atomic E-state index is 0.0613. The Morgan fingerprint density at radius 3 is 2.70 bits per heavy atom. The zero-order valence-corrected chi connectivity index (χ0v) is 19.1. The van der Waals surface area contributed by atoms with E-state index in [1.54, 1.807) is 19.1 Å². The lowest BCUT2D eigenvalue weighted by Gasteiger charge is -2.49. The van der Waals surface area contributed by atoms with Crippen molar-refractivity contribution in [1.82, 2.24) is 10.2 Å². The summed E-state index contributed by atoms with van der Waals surface area (Å²) in [5.74, 6) is -1.02. The summed E-state index contributed by atoms with van der Waals surface area (Å²) in [6.07, 6.45) is 0. The molecule has 1 aromatic heterocycles. The van der Waals surface area contributed by atoms with Crippen molar-refractivity contribution in [3.05, 3.63) is 73.6 Å². The Morgan fingerprint density at radius 1 is 1.33 bits per heavy atom. The molecule has 0 aliphatic carbocycles. The largest absolute Gasteiger partial charge is 0.456 e. The minimum Gasteiger partial charge on any atom is -0.456 e. The highest BCUT2D eigenvalue weighted by molar-refractivity contribution is 8.00. The van der Waals surface area contributed by atoms with Crippen LogP contribution in [0.5, 0.6) is 0 Å². The number of nitro benzene ring substituents is 1. The zero-order chi connectivity index (χ0) is 23.7. The number of non-ortho nitro benzene ring substituents is 1. The van der Waals surface area contributed by atoms with Crippen LogP contribution in [0.4, 0.5) is 5.69 Å². The van der Waals surface area contributed by atoms with Crippen LogP contribution in [0.1, 0.15) is 23.4 Å². The summed E-state index contributed by atoms with van der Waals surface area (Å²) in [6.45, 7) is 1.65. The molecule has 172 valence electrons. The molecule has 0 spiro atoms. The molecule has 1 fully saturated rings. The zero-order valence-electron chi connectivity index (χ0n) is 17.4. The van der Waals surface area contributed by atoms with Crippen molar-refractivity contribution >= 4 is 46.6 Å². The van der Waals surface area contributed by atoms with E-state index >= 15 is 0 Å². The van der Waals surface area contributed by atoms with Crippen LogP contribution >= 0.6 is 23.1 Å². The molecule has 3 atom stereocenters. The summed E-state index contributed by atoms with van der Waals surface area (Å²) < 4.78 is 5.37. The van der Waals surface area contributed by atoms with Gasteiger partial charge in [0, 0.05) is 22.8 Å². The van der Waals surface area contributed by atoms with E-state index in [9.17, 15) is 24.5 Å². The van der Waals surface area contributed by atoms with Crippen molar-refractivity contribution in [3.63, 3.8) is 0 Å². The van der Waals surface area contributed by atoms with Gasteiger partial charge in [-0.25, -0.2) is 4.79 Å². The maximum Gasteiger partial charge on any atom is 0.355 e. The van der Waals surface area contributed by atoms with Gasteiger partial charge in [-0.3, -0.25) is 24.6 Å². The van der Waals surface area contributed by atoms with Crippen LogP contribution in [0.25, 0.3) is 0 Å². The Balaban J connectivity index is 1.39. The number of fused-ring (bicyclic) bond motifs is 1. The molecule has 1 aromatic carbocycles. The third-order valence-corrected chi connectivity index (χ3v) is 7.68. The number of thiophene rings is 1. The van der Waals surface area contributed by atoms with Gasteiger partial charge in [-0.1, -0.05) is 6.07 Å². The lowest BCUT2D eigenvalue weighted by molar-refractivity contribution is -0.384. The number of hydrogen-bond acceptors (Lipinski definition) is 9. The molecule has 2 aliphatic rings. The summed E-state index contributed by atoms with van der Waals surface area (Å²) >= 11 is 2.80. The van der Waals surface area contributed by atoms with E-state index < -0.39 is 40.2 Å². The van der Waals surface area contributed by atoms with Gasteiger partial charge < -0.3 is 15.8 Å². The molecule has 2 unspecified atom stereocenters. The molecule has 33 heavy (non-hydrogen) atoms. The van der Waals surface area contributed by atoms with Gasteiger partial charge in [0.05, 0.1) is 4.92 Å². The number of ether oxygens (including phenoxy) is 1. The quantitative estimate of drug-likeness (QED) is 0.261. The number of esters is 1. The molecule has 4 rings (SSSR count). The summed E-state index contributed by atoms with van der Waals surface area (Å²) in [5, 5.41) is 14.8. The van der Waals surface area contributed by atoms with Crippen molar-refractivity contribution in [1.29, 1.82) is 0 Å². The Kier molecular flexibility index (Phi) is 6.49. The molecule has 0 saturated carbocycles. The Labute approximate surface area is 196 Å². The second kappa shape index (κ2) is 9.33. The molecular formula is C21H20N4O6S2. The number of benzene rings is 1. The molecule has 0 bridgehead atoms. The lowest BCUT2D eigenvalue weighted by atomic mass is 10.0. The van der Waals surface area contributed by atoms with E-state index in [-0.39, 0.29) is 18.0 Å². The molecule has 2 aliphatic heterocycles. The van der Waals surface area contributed by atoms with Gasteiger partial charge in [0.25, 0.3) is 11.6 Å². The Hall–Kier alpha value is -3.22. The topological polar surface area (TPSA) is 145 Å². The first kappa shape index (κ1) is 23.0. The number of thioether (sulfide) groups is 1. The highest BCUT2D eigenvalue weighted by atomic mass is 32.2. The van der Waals surface area contributed by atoms with E-state index in [2.05, 4.69) is 5.32 Å². The summed E-state index contributed by atoms with van der Waals surface area (Å²) in [7, 11) is 0. The monoisotopic (exact) mass is 488 g/mol. The van der Waals surface area contributed by atoms with Crippen molar-refractivity contribution in [2.24, 2.45) is 5.73 Å². The van der Waals surface area contributed by atoms with Crippen LogP contribution in [0.15, 0.2) is 53.0 Å². The second-order valence-electron chi connectivity index (χ2n) is 7.52. The fraction of sp³-hybridized carbons (Fsp3) is 0.286. The molecule has 2 amide bonds. The molecular weight excluding hydrogens is 468 g/mol. The van der Waals surface area contributed by atoms with Crippen LogP contribution in [-0.2, 0) is 25.7 Å². The molecule has 0 radical (unpaired) electrons. The maximum atomic E-state index is 12.8. The van der Waals surface area contributed by atoms with Gasteiger partial charge in [0.15, 0.2) is 0 Å². The predicted molar refractivity (Wildman–Crippen MR) is 122 cm³/mol. The second-order valence-corrected chi connectivity index (χ2v) is 9.60. The number of nitrogens with zero attached hydrogens (tertiary/aromatic N) is 2. The van der Waals surface area contributed by atoms with E-state index in [1.807, 2.05) is 5.38 Å². The van der Waals surface area contributed by atoms with E-state index in [1.165, 1.54) is 52.3 Å². The summed E-state index contributed by atoms with van der Waals surface area (Å²) in [6, 6.07) is 7.56. The fourth-order valence-corrected chi connectivity index (χ4v) is 5.55. The van der Waals surface area contributed by atoms with Gasteiger partial charge >= 0.3 is 5.97 Å². The normalized spacial score (nSPS) is 20.5. The first-order valence-electron chi connectivity index (χ1n) is 9.92. The van der Waals surface area contributed by atoms with Crippen molar-refractivity contribution in [2.75, 3.05) is 5.75 Å². The van der Waals surface area contributed by atoms with Crippen LogP contribution < -0.4 is 11.1 Å². The average molecular weight is 489 g/mol. The van der Waals surface area contributed by atoms with Crippen molar-refractivity contribution < 1.29 is 24.0 Å². The predicted octanol–water partition coefficient (Wildman–Crippen LogP) is 2.07. The molecule has 3 heterocycles. The number of hydrogen-bond donors (Lipinski definition) is 2. The number of β-lactam (4-membered cyclic amide) rings is 1. The summed E-state index contributed by atoms with van der Waals surface area (Å²) in [4.78, 5) is 50.4. The van der Waals surface area contributed by atoms with Gasteiger partial charge in [-0.2, -0.15) is 0 Å². The SMILES string of the molecule is CC1=C(C(=O)OCc2ccc([N+](=O)[O-])cc2)N2C(=O)C(NC(=O)C(N)c3cccs3)[C@H]2SC1. The van der Waals surface area contributed by atoms with E-state index in [0.717, 1.165) is 0 Å². The molecule has 12 heteroatoms. The van der Waals surface area contributed by atoms with Crippen LogP contribution in [0.2, 0.25) is 0 Å². The van der Waals surface area contributed by atoms with Crippen molar-refractivity contribution in [2.45, 2.75) is 31.0 Å². The number of carbonyl (C=O) groups is 3. The van der Waals surface area contributed by atoms with Gasteiger partial charge in [0.2, 0.25) is 5.91 Å². The summed E-state index contributed by atoms with van der Waals surface area (Å²) in [5.41, 5.74) is 7.37. The Bertz CT molecular complexity index is 1130. The highest BCUT2D eigenvalue weighted by Crippen LogP contribution is 2.40. The van der Waals surface area contributed by atoms with Crippen LogP contribution in [0.3, 0.4) is 0 Å². The minimum atomic E-state index is -0.871. The Morgan fingerprint density at radius 2 is 2.06 bits per heavy atom. The maximum absolute atomic E-state index is 12.8. The molecule has 2 aromatic rings. The standard InChI is InChI=1S/C21H20N4O6S2/c1-11-10-33-20-16(23-18(26)15(22)14-3-2-8-32-14)19(27)24(20)17(11)21(28)31-9-12-4-6-13(7-5-12)25(29)30/h2-8,15-16,20H,9-10,22H2,1H3,(H,23,26)/t15?,16?,20-/m1/s1. The number of nitrogens with two attached hydrogens (primary N) is 1. The smallest absolute Gasteiger partial charge is 0.355 e. The van der Waals surface area contributed by atoms with Crippen LogP contribution in [-0.4, -0.2) is 44.8 Å². The van der Waals surface area contributed by atoms with Gasteiger partial charge in [-0.15, -0.1) is 23.1 Å². The van der Waals surface area contributed by atoms with Gasteiger partial charge in [0.1, 0.15) is 29.8 Å². The number of nitro groups is 1. The number of carbonyl (C=O) groups excluding carboxylic acids is 3. The third-order valence-electron chi connectivity index (χ3n) is 5.30. The lowest BCUT2D eigenvalue weighted by Crippen LogP contribution is -2.71. The first-order chi connectivity index (χ1) is 15.8. The van der Waals surface area contributed by atoms with Gasteiger partial charge in [-0.05, 0) is 41.6 Å². The van der Waals surface area contributed by atoms with Crippen LogP contribution in [0, 0.1) is 10.1 Å². The van der Waals surface area contributed by atoms with E-state index in [0.29, 0.717) is 21.8 Å². The van der Waals surface area contributed by atoms with E-state index in [4.69, 9.17) is 10.5 Å². The average Bonchev–Trinajstić information content (AvgIpc) is 3.35. The fourth-order valence-electron chi connectivity index (χ4n) is 3.53. The van der Waals surface area contributed by atoms with Crippen molar-refractivity contribution in [3.8, 4) is 0 Å². The number of amides is 2.